The van der Waals surface area contributed by atoms with E-state index in [-0.39, 0.29) is 12.2 Å². The summed E-state index contributed by atoms with van der Waals surface area (Å²) in [7, 11) is 1.77. The number of rotatable bonds is 5. The van der Waals surface area contributed by atoms with E-state index in [0.717, 1.165) is 0 Å². The van der Waals surface area contributed by atoms with Gasteiger partial charge in [-0.1, -0.05) is 0 Å². The van der Waals surface area contributed by atoms with Crippen molar-refractivity contribution in [2.24, 2.45) is 7.05 Å². The number of aryl methyl sites for hydroxylation is 2. The number of nitro groups is 1. The number of hydrogen-bond donors (Lipinski definition) is 2. The molecule has 0 aromatic carbocycles. The van der Waals surface area contributed by atoms with E-state index in [2.05, 4.69) is 15.4 Å². The Balaban J connectivity index is 2.09. The van der Waals surface area contributed by atoms with Crippen molar-refractivity contribution in [2.75, 3.05) is 11.9 Å². The van der Waals surface area contributed by atoms with Crippen molar-refractivity contribution < 1.29 is 10.0 Å². The monoisotopic (exact) mass is 291 g/mol. The van der Waals surface area contributed by atoms with Crippen LogP contribution in [0.3, 0.4) is 0 Å². The van der Waals surface area contributed by atoms with Gasteiger partial charge in [0.25, 0.3) is 5.69 Å². The highest BCUT2D eigenvalue weighted by molar-refractivity contribution is 5.47. The van der Waals surface area contributed by atoms with Gasteiger partial charge in [0.15, 0.2) is 0 Å². The van der Waals surface area contributed by atoms with Crippen LogP contribution in [0.1, 0.15) is 18.1 Å². The van der Waals surface area contributed by atoms with Gasteiger partial charge in [0.2, 0.25) is 0 Å². The second-order valence-electron chi connectivity index (χ2n) is 5.14. The first-order valence-corrected chi connectivity index (χ1v) is 6.36. The van der Waals surface area contributed by atoms with E-state index in [0.29, 0.717) is 16.9 Å². The van der Waals surface area contributed by atoms with Crippen molar-refractivity contribution in [3.05, 3.63) is 45.9 Å². The summed E-state index contributed by atoms with van der Waals surface area (Å²) in [6, 6.07) is 1.58. The van der Waals surface area contributed by atoms with Crippen LogP contribution in [0.25, 0.3) is 0 Å². The smallest absolute Gasteiger partial charge is 0.290 e. The Morgan fingerprint density at radius 1 is 1.52 bits per heavy atom. The molecule has 112 valence electrons. The van der Waals surface area contributed by atoms with Crippen molar-refractivity contribution in [3.8, 4) is 0 Å². The molecule has 1 unspecified atom stereocenters. The van der Waals surface area contributed by atoms with Crippen LogP contribution in [0, 0.1) is 17.0 Å². The molecule has 8 nitrogen and oxygen atoms in total. The van der Waals surface area contributed by atoms with E-state index in [1.807, 2.05) is 0 Å². The Morgan fingerprint density at radius 3 is 2.76 bits per heavy atom. The molecule has 0 radical (unpaired) electrons. The predicted octanol–water partition coefficient (Wildman–Crippen LogP) is 1.35. The fourth-order valence-electron chi connectivity index (χ4n) is 1.90. The standard InChI is InChI=1S/C13H17N5O3/c1-9-4-12(14-6-11(9)18(20)21)15-8-13(2,19)10-5-16-17(3)7-10/h4-7,19H,8H2,1-3H3,(H,14,15). The zero-order valence-corrected chi connectivity index (χ0v) is 12.1. The molecular weight excluding hydrogens is 274 g/mol. The highest BCUT2D eigenvalue weighted by atomic mass is 16.6. The van der Waals surface area contributed by atoms with E-state index in [1.54, 1.807) is 44.0 Å². The molecule has 0 aliphatic rings. The van der Waals surface area contributed by atoms with Crippen LogP contribution in [-0.2, 0) is 12.6 Å². The molecule has 8 heteroatoms. The maximum Gasteiger partial charge on any atom is 0.290 e. The summed E-state index contributed by atoms with van der Waals surface area (Å²) < 4.78 is 1.61. The average molecular weight is 291 g/mol. The lowest BCUT2D eigenvalue weighted by Gasteiger charge is -2.22. The van der Waals surface area contributed by atoms with Crippen molar-refractivity contribution in [1.82, 2.24) is 14.8 Å². The Bertz CT molecular complexity index is 666. The summed E-state index contributed by atoms with van der Waals surface area (Å²) in [6.45, 7) is 3.52. The van der Waals surface area contributed by atoms with E-state index >= 15 is 0 Å². The minimum Gasteiger partial charge on any atom is -0.383 e. The van der Waals surface area contributed by atoms with Crippen LogP contribution < -0.4 is 5.32 Å². The first-order valence-electron chi connectivity index (χ1n) is 6.36. The lowest BCUT2D eigenvalue weighted by atomic mass is 10.00. The third-order valence-electron chi connectivity index (χ3n) is 3.22. The quantitative estimate of drug-likeness (QED) is 0.636. The van der Waals surface area contributed by atoms with E-state index in [1.165, 1.54) is 6.20 Å². The first kappa shape index (κ1) is 14.9. The number of anilines is 1. The zero-order valence-electron chi connectivity index (χ0n) is 12.1. The maximum absolute atomic E-state index is 10.7. The number of aromatic nitrogens is 3. The molecule has 0 bridgehead atoms. The first-order chi connectivity index (χ1) is 9.79. The van der Waals surface area contributed by atoms with Gasteiger partial charge in [-0.25, -0.2) is 4.98 Å². The number of hydrogen-bond acceptors (Lipinski definition) is 6. The maximum atomic E-state index is 10.7. The fourth-order valence-corrected chi connectivity index (χ4v) is 1.90. The molecule has 2 aromatic heterocycles. The lowest BCUT2D eigenvalue weighted by molar-refractivity contribution is -0.385. The molecule has 2 N–H and O–H groups in total. The van der Waals surface area contributed by atoms with Crippen LogP contribution in [0.2, 0.25) is 0 Å². The van der Waals surface area contributed by atoms with Crippen molar-refractivity contribution >= 4 is 11.5 Å². The van der Waals surface area contributed by atoms with Crippen molar-refractivity contribution in [1.29, 1.82) is 0 Å². The largest absolute Gasteiger partial charge is 0.383 e. The molecule has 0 amide bonds. The molecule has 0 spiro atoms. The minimum absolute atomic E-state index is 0.0282. The van der Waals surface area contributed by atoms with E-state index in [4.69, 9.17) is 0 Å². The number of pyridine rings is 1. The molecule has 1 atom stereocenters. The average Bonchev–Trinajstić information content (AvgIpc) is 2.84. The Morgan fingerprint density at radius 2 is 2.24 bits per heavy atom. The number of aliphatic hydroxyl groups is 1. The van der Waals surface area contributed by atoms with Gasteiger partial charge in [-0.15, -0.1) is 0 Å². The van der Waals surface area contributed by atoms with Gasteiger partial charge in [0.1, 0.15) is 17.6 Å². The van der Waals surface area contributed by atoms with Crippen LogP contribution in [0.5, 0.6) is 0 Å². The van der Waals surface area contributed by atoms with Crippen LogP contribution >= 0.6 is 0 Å². The minimum atomic E-state index is -1.12. The Labute approximate surface area is 121 Å². The fraction of sp³-hybridized carbons (Fsp3) is 0.385. The third-order valence-corrected chi connectivity index (χ3v) is 3.22. The van der Waals surface area contributed by atoms with E-state index in [9.17, 15) is 15.2 Å². The Hall–Kier alpha value is -2.48. The third kappa shape index (κ3) is 3.34. The molecule has 2 heterocycles. The molecule has 0 aliphatic heterocycles. The summed E-state index contributed by atoms with van der Waals surface area (Å²) in [6.07, 6.45) is 4.53. The van der Waals surface area contributed by atoms with Gasteiger partial charge in [-0.3, -0.25) is 14.8 Å². The molecule has 0 fully saturated rings. The van der Waals surface area contributed by atoms with Gasteiger partial charge in [0, 0.05) is 30.9 Å². The molecule has 0 aliphatic carbocycles. The molecule has 0 saturated carbocycles. The predicted molar refractivity (Wildman–Crippen MR) is 76.9 cm³/mol. The molecular formula is C13H17N5O3. The van der Waals surface area contributed by atoms with Crippen LogP contribution in [-0.4, -0.2) is 31.3 Å². The number of nitrogens with one attached hydrogen (secondary N) is 1. The highest BCUT2D eigenvalue weighted by Crippen LogP contribution is 2.22. The summed E-state index contributed by atoms with van der Waals surface area (Å²) in [4.78, 5) is 14.2. The summed E-state index contributed by atoms with van der Waals surface area (Å²) in [5.74, 6) is 0.474. The van der Waals surface area contributed by atoms with Crippen LogP contribution in [0.15, 0.2) is 24.7 Å². The van der Waals surface area contributed by atoms with Gasteiger partial charge < -0.3 is 10.4 Å². The summed E-state index contributed by atoms with van der Waals surface area (Å²) in [5.41, 5.74) is 0.0419. The summed E-state index contributed by atoms with van der Waals surface area (Å²) in [5, 5.41) is 28.2. The number of nitrogens with zero attached hydrogens (tertiary/aromatic N) is 4. The zero-order chi connectivity index (χ0) is 15.6. The second-order valence-corrected chi connectivity index (χ2v) is 5.14. The lowest BCUT2D eigenvalue weighted by Crippen LogP contribution is -2.30. The van der Waals surface area contributed by atoms with Gasteiger partial charge in [-0.2, -0.15) is 5.10 Å². The normalized spacial score (nSPS) is 13.7. The second kappa shape index (κ2) is 5.49. The molecule has 2 aromatic rings. The molecule has 2 rings (SSSR count). The van der Waals surface area contributed by atoms with Gasteiger partial charge >= 0.3 is 0 Å². The van der Waals surface area contributed by atoms with Gasteiger partial charge in [-0.05, 0) is 19.9 Å². The van der Waals surface area contributed by atoms with Crippen molar-refractivity contribution in [3.63, 3.8) is 0 Å². The SMILES string of the molecule is Cc1cc(NCC(C)(O)c2cnn(C)c2)ncc1[N+](=O)[O-]. The Kier molecular flexibility index (Phi) is 3.90. The van der Waals surface area contributed by atoms with Crippen LogP contribution in [0.4, 0.5) is 11.5 Å². The van der Waals surface area contributed by atoms with E-state index < -0.39 is 10.5 Å². The topological polar surface area (TPSA) is 106 Å². The summed E-state index contributed by atoms with van der Waals surface area (Å²) >= 11 is 0. The van der Waals surface area contributed by atoms with Crippen molar-refractivity contribution in [2.45, 2.75) is 19.4 Å². The van der Waals surface area contributed by atoms with Gasteiger partial charge in [0.05, 0.1) is 11.1 Å². The molecule has 0 saturated heterocycles. The molecule has 21 heavy (non-hydrogen) atoms. The highest BCUT2D eigenvalue weighted by Gasteiger charge is 2.24.